The molecule has 10 heteroatoms. The Morgan fingerprint density at radius 1 is 1.31 bits per heavy atom. The van der Waals surface area contributed by atoms with E-state index in [2.05, 4.69) is 15.5 Å². The van der Waals surface area contributed by atoms with Crippen LogP contribution < -0.4 is 5.32 Å². The fourth-order valence-corrected chi connectivity index (χ4v) is 4.43. The van der Waals surface area contributed by atoms with Crippen LogP contribution in [0.4, 0.5) is 0 Å². The van der Waals surface area contributed by atoms with E-state index in [4.69, 9.17) is 16.1 Å². The van der Waals surface area contributed by atoms with Gasteiger partial charge in [-0.15, -0.1) is 0 Å². The first-order chi connectivity index (χ1) is 12.4. The Labute approximate surface area is 156 Å². The summed E-state index contributed by atoms with van der Waals surface area (Å²) in [6, 6.07) is 6.08. The van der Waals surface area contributed by atoms with Gasteiger partial charge in [0.05, 0.1) is 11.4 Å². The van der Waals surface area contributed by atoms with Crippen LogP contribution in [0.2, 0.25) is 5.02 Å². The number of carbonyl (C=O) groups excluding carboxylic acids is 1. The van der Waals surface area contributed by atoms with Crippen molar-refractivity contribution in [2.75, 3.05) is 13.1 Å². The average Bonchev–Trinajstić information content (AvgIpc) is 3.05. The van der Waals surface area contributed by atoms with E-state index in [-0.39, 0.29) is 23.3 Å². The summed E-state index contributed by atoms with van der Waals surface area (Å²) in [5, 5.41) is 6.97. The van der Waals surface area contributed by atoms with Gasteiger partial charge in [-0.25, -0.2) is 8.42 Å². The normalized spacial score (nSPS) is 16.5. The lowest BCUT2D eigenvalue weighted by Gasteiger charge is -2.30. The van der Waals surface area contributed by atoms with Gasteiger partial charge >= 0.3 is 0 Å². The van der Waals surface area contributed by atoms with Crippen molar-refractivity contribution in [2.45, 2.75) is 31.2 Å². The molecule has 0 atom stereocenters. The molecule has 1 amide bonds. The Hall–Kier alpha value is -1.97. The van der Waals surface area contributed by atoms with E-state index in [0.29, 0.717) is 42.7 Å². The molecule has 1 aromatic heterocycles. The molecule has 26 heavy (non-hydrogen) atoms. The number of rotatable bonds is 5. The lowest BCUT2D eigenvalue weighted by atomic mass is 9.97. The molecule has 2 aromatic rings. The van der Waals surface area contributed by atoms with Crippen LogP contribution in [-0.2, 0) is 21.4 Å². The highest BCUT2D eigenvalue weighted by Gasteiger charge is 2.32. The summed E-state index contributed by atoms with van der Waals surface area (Å²) >= 11 is 5.81. The van der Waals surface area contributed by atoms with Gasteiger partial charge in [0.15, 0.2) is 5.82 Å². The highest BCUT2D eigenvalue weighted by molar-refractivity contribution is 7.89. The molecule has 1 aliphatic rings. The topological polar surface area (TPSA) is 105 Å². The van der Waals surface area contributed by atoms with Gasteiger partial charge in [-0.05, 0) is 37.1 Å². The first-order valence-electron chi connectivity index (χ1n) is 8.19. The van der Waals surface area contributed by atoms with Crippen LogP contribution in [0, 0.1) is 12.8 Å². The van der Waals surface area contributed by atoms with E-state index in [0.717, 1.165) is 0 Å². The number of sulfonamides is 1. The maximum atomic E-state index is 12.6. The molecule has 3 rings (SSSR count). The second-order valence-electron chi connectivity index (χ2n) is 6.08. The van der Waals surface area contributed by atoms with Crippen LogP contribution in [0.3, 0.4) is 0 Å². The monoisotopic (exact) mass is 398 g/mol. The quantitative estimate of drug-likeness (QED) is 0.822. The zero-order valence-electron chi connectivity index (χ0n) is 14.2. The molecule has 0 aliphatic carbocycles. The second-order valence-corrected chi connectivity index (χ2v) is 8.45. The smallest absolute Gasteiger partial charge is 0.243 e. The zero-order valence-corrected chi connectivity index (χ0v) is 15.8. The number of amides is 1. The number of piperidine rings is 1. The maximum Gasteiger partial charge on any atom is 0.243 e. The number of carbonyl (C=O) groups is 1. The van der Waals surface area contributed by atoms with Crippen molar-refractivity contribution in [1.29, 1.82) is 0 Å². The molecule has 0 unspecified atom stereocenters. The van der Waals surface area contributed by atoms with Gasteiger partial charge < -0.3 is 9.84 Å². The minimum atomic E-state index is -3.57. The van der Waals surface area contributed by atoms with Crippen molar-refractivity contribution in [3.63, 3.8) is 0 Å². The lowest BCUT2D eigenvalue weighted by Crippen LogP contribution is -2.42. The number of aryl methyl sites for hydroxylation is 1. The zero-order chi connectivity index (χ0) is 18.7. The molecule has 0 spiro atoms. The van der Waals surface area contributed by atoms with Gasteiger partial charge in [0.2, 0.25) is 21.8 Å². The molecule has 0 radical (unpaired) electrons. The predicted molar refractivity (Wildman–Crippen MR) is 93.8 cm³/mol. The molecule has 1 saturated heterocycles. The maximum absolute atomic E-state index is 12.6. The Morgan fingerprint density at radius 3 is 2.54 bits per heavy atom. The number of benzene rings is 1. The second kappa shape index (κ2) is 7.73. The third-order valence-electron chi connectivity index (χ3n) is 4.27. The fourth-order valence-electron chi connectivity index (χ4n) is 2.84. The minimum Gasteiger partial charge on any atom is -0.348 e. The summed E-state index contributed by atoms with van der Waals surface area (Å²) in [6.45, 7) is 2.46. The molecular formula is C16H19ClN4O4S. The summed E-state index contributed by atoms with van der Waals surface area (Å²) < 4.78 is 31.5. The Kier molecular flexibility index (Phi) is 5.59. The van der Waals surface area contributed by atoms with Gasteiger partial charge in [0, 0.05) is 31.0 Å². The van der Waals surface area contributed by atoms with Gasteiger partial charge in [-0.3, -0.25) is 4.79 Å². The summed E-state index contributed by atoms with van der Waals surface area (Å²) in [7, 11) is -3.57. The Balaban J connectivity index is 1.54. The third-order valence-corrected chi connectivity index (χ3v) is 6.43. The van der Waals surface area contributed by atoms with Crippen LogP contribution in [0.15, 0.2) is 33.7 Å². The standard InChI is InChI=1S/C16H19ClN4O4S/c1-11-19-15(20-25-11)10-18-16(22)12-6-8-21(9-7-12)26(23,24)14-4-2-13(17)3-5-14/h2-5,12H,6-10H2,1H3,(H,18,22). The predicted octanol–water partition coefficient (Wildman–Crippen LogP) is 1.75. The van der Waals surface area contributed by atoms with Crippen LogP contribution in [0.5, 0.6) is 0 Å². The molecule has 140 valence electrons. The Morgan fingerprint density at radius 2 is 1.96 bits per heavy atom. The van der Waals surface area contributed by atoms with Crippen LogP contribution in [0.1, 0.15) is 24.6 Å². The molecule has 8 nitrogen and oxygen atoms in total. The Bertz CT molecular complexity index is 874. The van der Waals surface area contributed by atoms with Gasteiger partial charge in [0.25, 0.3) is 0 Å². The number of hydrogen-bond donors (Lipinski definition) is 1. The molecule has 2 heterocycles. The molecule has 0 bridgehead atoms. The number of halogens is 1. The first kappa shape index (κ1) is 18.8. The van der Waals surface area contributed by atoms with Gasteiger partial charge in [0.1, 0.15) is 0 Å². The summed E-state index contributed by atoms with van der Waals surface area (Å²) in [5.74, 6) is 0.490. The van der Waals surface area contributed by atoms with Crippen molar-refractivity contribution < 1.29 is 17.7 Å². The summed E-state index contributed by atoms with van der Waals surface area (Å²) in [6.07, 6.45) is 0.924. The van der Waals surface area contributed by atoms with Crippen molar-refractivity contribution in [3.8, 4) is 0 Å². The van der Waals surface area contributed by atoms with Crippen LogP contribution in [-0.4, -0.2) is 41.9 Å². The van der Waals surface area contributed by atoms with Crippen molar-refractivity contribution in [1.82, 2.24) is 19.8 Å². The van der Waals surface area contributed by atoms with Crippen LogP contribution >= 0.6 is 11.6 Å². The average molecular weight is 399 g/mol. The van der Waals surface area contributed by atoms with E-state index in [1.807, 2.05) is 0 Å². The van der Waals surface area contributed by atoms with Crippen LogP contribution in [0.25, 0.3) is 0 Å². The lowest BCUT2D eigenvalue weighted by molar-refractivity contribution is -0.126. The van der Waals surface area contributed by atoms with Gasteiger partial charge in [-0.2, -0.15) is 9.29 Å². The van der Waals surface area contributed by atoms with E-state index in [1.54, 1.807) is 19.1 Å². The first-order valence-corrected chi connectivity index (χ1v) is 10.0. The van der Waals surface area contributed by atoms with Crippen molar-refractivity contribution in [2.24, 2.45) is 5.92 Å². The molecule has 1 fully saturated rings. The van der Waals surface area contributed by atoms with E-state index in [9.17, 15) is 13.2 Å². The highest BCUT2D eigenvalue weighted by Crippen LogP contribution is 2.24. The van der Waals surface area contributed by atoms with Crippen molar-refractivity contribution in [3.05, 3.63) is 41.0 Å². The minimum absolute atomic E-state index is 0.129. The molecule has 1 aromatic carbocycles. The largest absolute Gasteiger partial charge is 0.348 e. The SMILES string of the molecule is Cc1nc(CNC(=O)C2CCN(S(=O)(=O)c3ccc(Cl)cc3)CC2)no1. The number of nitrogens with zero attached hydrogens (tertiary/aromatic N) is 3. The molecule has 1 aliphatic heterocycles. The molecule has 1 N–H and O–H groups in total. The molecular weight excluding hydrogens is 380 g/mol. The van der Waals surface area contributed by atoms with E-state index < -0.39 is 10.0 Å². The van der Waals surface area contributed by atoms with E-state index in [1.165, 1.54) is 16.4 Å². The van der Waals surface area contributed by atoms with Gasteiger partial charge in [-0.1, -0.05) is 16.8 Å². The number of aromatic nitrogens is 2. The third kappa shape index (κ3) is 4.22. The van der Waals surface area contributed by atoms with E-state index >= 15 is 0 Å². The van der Waals surface area contributed by atoms with Crippen molar-refractivity contribution >= 4 is 27.5 Å². The summed E-state index contributed by atoms with van der Waals surface area (Å²) in [5.41, 5.74) is 0. The summed E-state index contributed by atoms with van der Waals surface area (Å²) in [4.78, 5) is 16.5. The number of hydrogen-bond acceptors (Lipinski definition) is 6. The number of nitrogens with one attached hydrogen (secondary N) is 1. The highest BCUT2D eigenvalue weighted by atomic mass is 35.5. The fraction of sp³-hybridized carbons (Fsp3) is 0.438. The molecule has 0 saturated carbocycles.